The molecule has 22 heavy (non-hydrogen) atoms. The van der Waals surface area contributed by atoms with Gasteiger partial charge >= 0.3 is 0 Å². The summed E-state index contributed by atoms with van der Waals surface area (Å²) >= 11 is 0. The Labute approximate surface area is 127 Å². The minimum Gasteiger partial charge on any atom is -0.319 e. The molecule has 0 unspecified atom stereocenters. The van der Waals surface area contributed by atoms with Crippen LogP contribution < -0.4 is 10.6 Å². The lowest BCUT2D eigenvalue weighted by Crippen LogP contribution is -2.15. The first-order valence-corrected chi connectivity index (χ1v) is 7.03. The first kappa shape index (κ1) is 14.1. The quantitative estimate of drug-likeness (QED) is 0.878. The van der Waals surface area contributed by atoms with Crippen LogP contribution in [0.2, 0.25) is 0 Å². The number of aromatic nitrogens is 3. The number of hydrogen-bond donors (Lipinski definition) is 2. The summed E-state index contributed by atoms with van der Waals surface area (Å²) in [4.78, 5) is 35.6. The van der Waals surface area contributed by atoms with Crippen LogP contribution in [-0.2, 0) is 4.79 Å². The number of nitrogens with zero attached hydrogens (tertiary/aromatic N) is 3. The van der Waals surface area contributed by atoms with Crippen molar-refractivity contribution < 1.29 is 9.59 Å². The lowest BCUT2D eigenvalue weighted by atomic mass is 10.2. The molecule has 2 aromatic rings. The summed E-state index contributed by atoms with van der Waals surface area (Å²) in [6, 6.07) is 3.12. The van der Waals surface area contributed by atoms with Gasteiger partial charge in [0.1, 0.15) is 12.1 Å². The van der Waals surface area contributed by atoms with Crippen molar-refractivity contribution in [2.24, 2.45) is 5.92 Å². The molecule has 0 radical (unpaired) electrons. The van der Waals surface area contributed by atoms with Crippen LogP contribution in [-0.4, -0.2) is 26.8 Å². The number of nitrogens with one attached hydrogen (secondary N) is 2. The van der Waals surface area contributed by atoms with Gasteiger partial charge in [-0.1, -0.05) is 0 Å². The van der Waals surface area contributed by atoms with Gasteiger partial charge in [0.25, 0.3) is 5.91 Å². The van der Waals surface area contributed by atoms with Crippen LogP contribution >= 0.6 is 0 Å². The van der Waals surface area contributed by atoms with Crippen LogP contribution in [0.25, 0.3) is 0 Å². The molecule has 0 atom stereocenters. The Morgan fingerprint density at radius 1 is 1.18 bits per heavy atom. The van der Waals surface area contributed by atoms with Crippen LogP contribution in [0.1, 0.15) is 29.6 Å². The Morgan fingerprint density at radius 3 is 2.68 bits per heavy atom. The summed E-state index contributed by atoms with van der Waals surface area (Å²) < 4.78 is 0. The molecule has 2 aromatic heterocycles. The molecule has 0 bridgehead atoms. The number of hydrogen-bond acceptors (Lipinski definition) is 5. The number of anilines is 2. The van der Waals surface area contributed by atoms with Crippen molar-refractivity contribution >= 4 is 23.3 Å². The fourth-order valence-corrected chi connectivity index (χ4v) is 1.99. The second-order valence-electron chi connectivity index (χ2n) is 5.21. The van der Waals surface area contributed by atoms with Gasteiger partial charge in [0.15, 0.2) is 0 Å². The summed E-state index contributed by atoms with van der Waals surface area (Å²) in [5.74, 6) is 0.506. The maximum absolute atomic E-state index is 12.1. The molecular weight excluding hydrogens is 282 g/mol. The highest BCUT2D eigenvalue weighted by molar-refractivity contribution is 6.04. The van der Waals surface area contributed by atoms with Crippen molar-refractivity contribution in [1.82, 2.24) is 15.0 Å². The minimum atomic E-state index is -0.310. The van der Waals surface area contributed by atoms with Gasteiger partial charge in [-0.2, -0.15) is 0 Å². The van der Waals surface area contributed by atoms with Gasteiger partial charge in [0.2, 0.25) is 5.91 Å². The Balaban J connectivity index is 1.64. The van der Waals surface area contributed by atoms with E-state index in [0.717, 1.165) is 12.8 Å². The van der Waals surface area contributed by atoms with Crippen molar-refractivity contribution in [1.29, 1.82) is 0 Å². The molecule has 0 aliphatic heterocycles. The Hall–Kier alpha value is -2.83. The summed E-state index contributed by atoms with van der Waals surface area (Å²) in [5.41, 5.74) is 0.907. The van der Waals surface area contributed by atoms with Crippen molar-refractivity contribution in [3.63, 3.8) is 0 Å². The number of carbonyl (C=O) groups excluding carboxylic acids is 2. The lowest BCUT2D eigenvalue weighted by Gasteiger charge is -2.07. The molecular formula is C15H15N5O2. The topological polar surface area (TPSA) is 96.9 Å². The van der Waals surface area contributed by atoms with Crippen molar-refractivity contribution in [3.8, 4) is 0 Å². The maximum atomic E-state index is 12.1. The first-order chi connectivity index (χ1) is 10.7. The van der Waals surface area contributed by atoms with Gasteiger partial charge in [-0.25, -0.2) is 15.0 Å². The fourth-order valence-electron chi connectivity index (χ4n) is 1.99. The predicted molar refractivity (Wildman–Crippen MR) is 80.2 cm³/mol. The summed E-state index contributed by atoms with van der Waals surface area (Å²) in [5, 5.41) is 5.39. The molecule has 2 amide bonds. The molecule has 0 spiro atoms. The standard InChI is InChI=1S/C15H15N5O2/c21-14(5-10-1-2-10)20-13-6-11(3-4-18-13)15(22)19-12-7-16-9-17-8-12/h3-4,6-10H,1-2,5H2,(H,19,22)(H,18,20,21). The summed E-state index contributed by atoms with van der Waals surface area (Å²) in [6.07, 6.45) is 8.62. The molecule has 7 heteroatoms. The minimum absolute atomic E-state index is 0.0657. The Kier molecular flexibility index (Phi) is 4.04. The van der Waals surface area contributed by atoms with E-state index in [0.29, 0.717) is 29.4 Å². The Morgan fingerprint density at radius 2 is 1.95 bits per heavy atom. The fraction of sp³-hybridized carbons (Fsp3) is 0.267. The van der Waals surface area contributed by atoms with Gasteiger partial charge < -0.3 is 10.6 Å². The van der Waals surface area contributed by atoms with Gasteiger partial charge in [-0.15, -0.1) is 0 Å². The highest BCUT2D eigenvalue weighted by Gasteiger charge is 2.24. The SMILES string of the molecule is O=C(CC1CC1)Nc1cc(C(=O)Nc2cncnc2)ccn1. The van der Waals surface area contributed by atoms with E-state index in [2.05, 4.69) is 25.6 Å². The van der Waals surface area contributed by atoms with Crippen LogP contribution in [0.3, 0.4) is 0 Å². The maximum Gasteiger partial charge on any atom is 0.255 e. The molecule has 1 fully saturated rings. The third-order valence-corrected chi connectivity index (χ3v) is 3.28. The molecule has 2 heterocycles. The molecule has 7 nitrogen and oxygen atoms in total. The smallest absolute Gasteiger partial charge is 0.255 e. The highest BCUT2D eigenvalue weighted by Crippen LogP contribution is 2.32. The van der Waals surface area contributed by atoms with Crippen molar-refractivity contribution in [2.45, 2.75) is 19.3 Å². The highest BCUT2D eigenvalue weighted by atomic mass is 16.2. The van der Waals surface area contributed by atoms with E-state index >= 15 is 0 Å². The van der Waals surface area contributed by atoms with Crippen LogP contribution in [0.4, 0.5) is 11.5 Å². The second-order valence-corrected chi connectivity index (χ2v) is 5.21. The predicted octanol–water partition coefficient (Wildman–Crippen LogP) is 1.86. The van der Waals surface area contributed by atoms with Crippen molar-refractivity contribution in [3.05, 3.63) is 42.6 Å². The molecule has 0 aromatic carbocycles. The zero-order valence-corrected chi connectivity index (χ0v) is 11.8. The van der Waals surface area contributed by atoms with E-state index in [-0.39, 0.29) is 11.8 Å². The normalized spacial score (nSPS) is 13.5. The molecule has 1 saturated carbocycles. The average molecular weight is 297 g/mol. The summed E-state index contributed by atoms with van der Waals surface area (Å²) in [6.45, 7) is 0. The first-order valence-electron chi connectivity index (χ1n) is 7.03. The molecule has 2 N–H and O–H groups in total. The van der Waals surface area contributed by atoms with E-state index < -0.39 is 0 Å². The monoisotopic (exact) mass is 297 g/mol. The van der Waals surface area contributed by atoms with E-state index in [4.69, 9.17) is 0 Å². The van der Waals surface area contributed by atoms with Crippen molar-refractivity contribution in [2.75, 3.05) is 10.6 Å². The van der Waals surface area contributed by atoms with Gasteiger partial charge in [0, 0.05) is 18.2 Å². The van der Waals surface area contributed by atoms with E-state index in [1.807, 2.05) is 0 Å². The number of rotatable bonds is 5. The zero-order chi connectivity index (χ0) is 15.4. The molecule has 1 aliphatic rings. The molecule has 1 aliphatic carbocycles. The lowest BCUT2D eigenvalue weighted by molar-refractivity contribution is -0.116. The number of carbonyl (C=O) groups is 2. The molecule has 112 valence electrons. The summed E-state index contributed by atoms with van der Waals surface area (Å²) in [7, 11) is 0. The zero-order valence-electron chi connectivity index (χ0n) is 11.8. The molecule has 3 rings (SSSR count). The van der Waals surface area contributed by atoms with Gasteiger partial charge in [-0.3, -0.25) is 9.59 Å². The average Bonchev–Trinajstić information content (AvgIpc) is 3.32. The van der Waals surface area contributed by atoms with Crippen LogP contribution in [0.15, 0.2) is 37.1 Å². The third kappa shape index (κ3) is 3.85. The van der Waals surface area contributed by atoms with E-state index in [1.165, 1.54) is 24.9 Å². The van der Waals surface area contributed by atoms with E-state index in [9.17, 15) is 9.59 Å². The molecule has 0 saturated heterocycles. The largest absolute Gasteiger partial charge is 0.319 e. The van der Waals surface area contributed by atoms with Crippen LogP contribution in [0.5, 0.6) is 0 Å². The van der Waals surface area contributed by atoms with E-state index in [1.54, 1.807) is 12.1 Å². The number of pyridine rings is 1. The number of amides is 2. The Bertz CT molecular complexity index is 685. The third-order valence-electron chi connectivity index (χ3n) is 3.28. The van der Waals surface area contributed by atoms with Gasteiger partial charge in [0.05, 0.1) is 18.1 Å². The van der Waals surface area contributed by atoms with Crippen LogP contribution in [0, 0.1) is 5.92 Å². The second kappa shape index (κ2) is 6.30. The van der Waals surface area contributed by atoms with Gasteiger partial charge in [-0.05, 0) is 30.9 Å².